The first-order valence-electron chi connectivity index (χ1n) is 7.31. The zero-order valence-electron chi connectivity index (χ0n) is 11.5. The van der Waals surface area contributed by atoms with Gasteiger partial charge in [0, 0.05) is 43.4 Å². The summed E-state index contributed by atoms with van der Waals surface area (Å²) in [7, 11) is 0. The molecule has 4 nitrogen and oxygen atoms in total. The molecule has 0 bridgehead atoms. The molecule has 0 aliphatic carbocycles. The Morgan fingerprint density at radius 3 is 2.89 bits per heavy atom. The van der Waals surface area contributed by atoms with Gasteiger partial charge in [0.15, 0.2) is 5.13 Å². The molecule has 106 valence electrons. The molecule has 2 atom stereocenters. The van der Waals surface area contributed by atoms with E-state index in [1.54, 1.807) is 11.3 Å². The Bertz CT molecular complexity index is 370. The van der Waals surface area contributed by atoms with Crippen LogP contribution in [0.25, 0.3) is 0 Å². The van der Waals surface area contributed by atoms with Crippen LogP contribution in [-0.2, 0) is 4.74 Å². The lowest BCUT2D eigenvalue weighted by atomic mass is 9.97. The van der Waals surface area contributed by atoms with Gasteiger partial charge in [-0.15, -0.1) is 11.3 Å². The van der Waals surface area contributed by atoms with E-state index in [-0.39, 0.29) is 0 Å². The van der Waals surface area contributed by atoms with Crippen LogP contribution in [0.15, 0.2) is 11.6 Å². The van der Waals surface area contributed by atoms with Crippen LogP contribution < -0.4 is 10.2 Å². The van der Waals surface area contributed by atoms with Crippen molar-refractivity contribution in [2.75, 3.05) is 31.2 Å². The van der Waals surface area contributed by atoms with E-state index in [0.717, 1.165) is 26.3 Å². The molecule has 19 heavy (non-hydrogen) atoms. The zero-order valence-corrected chi connectivity index (χ0v) is 12.4. The van der Waals surface area contributed by atoms with E-state index in [0.29, 0.717) is 18.0 Å². The first kappa shape index (κ1) is 13.3. The van der Waals surface area contributed by atoms with E-state index in [4.69, 9.17) is 4.74 Å². The summed E-state index contributed by atoms with van der Waals surface area (Å²) in [5, 5.41) is 7.04. The molecule has 3 heterocycles. The summed E-state index contributed by atoms with van der Waals surface area (Å²) in [5.41, 5.74) is 0. The lowest BCUT2D eigenvalue weighted by Gasteiger charge is -2.34. The van der Waals surface area contributed by atoms with E-state index in [1.165, 1.54) is 24.4 Å². The Morgan fingerprint density at radius 1 is 1.42 bits per heavy atom. The van der Waals surface area contributed by atoms with Crippen molar-refractivity contribution in [1.82, 2.24) is 10.3 Å². The van der Waals surface area contributed by atoms with E-state index >= 15 is 0 Å². The number of ether oxygens (including phenoxy) is 1. The molecule has 1 N–H and O–H groups in total. The van der Waals surface area contributed by atoms with Gasteiger partial charge in [-0.3, -0.25) is 0 Å². The Labute approximate surface area is 119 Å². The van der Waals surface area contributed by atoms with Gasteiger partial charge in [0.1, 0.15) is 0 Å². The minimum atomic E-state index is 0.582. The SMILES string of the molecule is C[C@H](NC1CCN(c2nccs2)CC1)[C@@H]1CCOC1. The van der Waals surface area contributed by atoms with Gasteiger partial charge in [0.2, 0.25) is 0 Å². The fourth-order valence-electron chi connectivity index (χ4n) is 3.06. The predicted molar refractivity (Wildman–Crippen MR) is 78.9 cm³/mol. The molecule has 1 aromatic rings. The van der Waals surface area contributed by atoms with Crippen LogP contribution in [0.2, 0.25) is 0 Å². The highest BCUT2D eigenvalue weighted by molar-refractivity contribution is 7.13. The molecule has 0 radical (unpaired) electrons. The van der Waals surface area contributed by atoms with E-state index in [2.05, 4.69) is 27.5 Å². The summed E-state index contributed by atoms with van der Waals surface area (Å²) in [6, 6.07) is 1.24. The molecular formula is C14H23N3OS. The second kappa shape index (κ2) is 6.20. The van der Waals surface area contributed by atoms with E-state index < -0.39 is 0 Å². The second-order valence-corrected chi connectivity index (χ2v) is 6.53. The number of piperidine rings is 1. The van der Waals surface area contributed by atoms with Crippen molar-refractivity contribution in [3.63, 3.8) is 0 Å². The van der Waals surface area contributed by atoms with Crippen LogP contribution in [0, 0.1) is 5.92 Å². The molecule has 5 heteroatoms. The van der Waals surface area contributed by atoms with Crippen LogP contribution in [0.5, 0.6) is 0 Å². The van der Waals surface area contributed by atoms with Gasteiger partial charge < -0.3 is 15.0 Å². The normalized spacial score (nSPS) is 26.8. The molecule has 0 aromatic carbocycles. The van der Waals surface area contributed by atoms with Gasteiger partial charge in [-0.05, 0) is 32.1 Å². The highest BCUT2D eigenvalue weighted by Gasteiger charge is 2.26. The van der Waals surface area contributed by atoms with Crippen molar-refractivity contribution in [2.24, 2.45) is 5.92 Å². The third-order valence-electron chi connectivity index (χ3n) is 4.36. The van der Waals surface area contributed by atoms with Crippen LogP contribution >= 0.6 is 11.3 Å². The van der Waals surface area contributed by atoms with Gasteiger partial charge >= 0.3 is 0 Å². The third-order valence-corrected chi connectivity index (χ3v) is 5.19. The standard InChI is InChI=1S/C14H23N3OS/c1-11(12-4-8-18-10-12)16-13-2-6-17(7-3-13)14-15-5-9-19-14/h5,9,11-13,16H,2-4,6-8,10H2,1H3/t11-,12+/m0/s1. The number of anilines is 1. The van der Waals surface area contributed by atoms with Crippen molar-refractivity contribution in [1.29, 1.82) is 0 Å². The fourth-order valence-corrected chi connectivity index (χ4v) is 3.76. The Kier molecular flexibility index (Phi) is 4.35. The maximum atomic E-state index is 5.48. The van der Waals surface area contributed by atoms with Crippen LogP contribution in [0.3, 0.4) is 0 Å². The number of thiazole rings is 1. The summed E-state index contributed by atoms with van der Waals surface area (Å²) in [4.78, 5) is 6.81. The molecule has 2 saturated heterocycles. The summed E-state index contributed by atoms with van der Waals surface area (Å²) < 4.78 is 5.48. The minimum Gasteiger partial charge on any atom is -0.381 e. The number of aromatic nitrogens is 1. The zero-order chi connectivity index (χ0) is 13.1. The second-order valence-electron chi connectivity index (χ2n) is 5.66. The molecule has 3 rings (SSSR count). The topological polar surface area (TPSA) is 37.4 Å². The molecule has 2 fully saturated rings. The quantitative estimate of drug-likeness (QED) is 0.917. The average Bonchev–Trinajstić information content (AvgIpc) is 3.13. The number of hydrogen-bond donors (Lipinski definition) is 1. The molecule has 0 saturated carbocycles. The van der Waals surface area contributed by atoms with Crippen molar-refractivity contribution in [2.45, 2.75) is 38.3 Å². The Morgan fingerprint density at radius 2 is 2.26 bits per heavy atom. The van der Waals surface area contributed by atoms with Gasteiger partial charge in [0.25, 0.3) is 0 Å². The van der Waals surface area contributed by atoms with Crippen LogP contribution in [0.4, 0.5) is 5.13 Å². The fraction of sp³-hybridized carbons (Fsp3) is 0.786. The molecule has 0 amide bonds. The van der Waals surface area contributed by atoms with Gasteiger partial charge in [-0.2, -0.15) is 0 Å². The van der Waals surface area contributed by atoms with Gasteiger partial charge in [0.05, 0.1) is 6.61 Å². The van der Waals surface area contributed by atoms with Crippen LogP contribution in [-0.4, -0.2) is 43.4 Å². The largest absolute Gasteiger partial charge is 0.381 e. The van der Waals surface area contributed by atoms with Crippen molar-refractivity contribution < 1.29 is 4.74 Å². The molecular weight excluding hydrogens is 258 g/mol. The molecule has 2 aliphatic rings. The summed E-state index contributed by atoms with van der Waals surface area (Å²) >= 11 is 1.74. The number of hydrogen-bond acceptors (Lipinski definition) is 5. The summed E-state index contributed by atoms with van der Waals surface area (Å²) in [6.07, 6.45) is 5.55. The average molecular weight is 281 g/mol. The Balaban J connectivity index is 1.45. The minimum absolute atomic E-state index is 0.582. The van der Waals surface area contributed by atoms with Gasteiger partial charge in [-0.25, -0.2) is 4.98 Å². The number of nitrogens with one attached hydrogen (secondary N) is 1. The summed E-state index contributed by atoms with van der Waals surface area (Å²) in [6.45, 7) is 6.44. The van der Waals surface area contributed by atoms with Crippen LogP contribution in [0.1, 0.15) is 26.2 Å². The highest BCUT2D eigenvalue weighted by Crippen LogP contribution is 2.23. The highest BCUT2D eigenvalue weighted by atomic mass is 32.1. The molecule has 1 aromatic heterocycles. The lowest BCUT2D eigenvalue weighted by Crippen LogP contribution is -2.47. The third kappa shape index (κ3) is 3.27. The first-order chi connectivity index (χ1) is 9.33. The van der Waals surface area contributed by atoms with Crippen molar-refractivity contribution >= 4 is 16.5 Å². The van der Waals surface area contributed by atoms with Crippen molar-refractivity contribution in [3.8, 4) is 0 Å². The lowest BCUT2D eigenvalue weighted by molar-refractivity contribution is 0.175. The Hall–Kier alpha value is -0.650. The van der Waals surface area contributed by atoms with Crippen molar-refractivity contribution in [3.05, 3.63) is 11.6 Å². The number of nitrogens with zero attached hydrogens (tertiary/aromatic N) is 2. The molecule has 2 aliphatic heterocycles. The maximum Gasteiger partial charge on any atom is 0.185 e. The van der Waals surface area contributed by atoms with Gasteiger partial charge in [-0.1, -0.05) is 0 Å². The van der Waals surface area contributed by atoms with E-state index in [1.807, 2.05) is 6.20 Å². The first-order valence-corrected chi connectivity index (χ1v) is 8.19. The predicted octanol–water partition coefficient (Wildman–Crippen LogP) is 2.13. The number of rotatable bonds is 4. The molecule has 0 spiro atoms. The maximum absolute atomic E-state index is 5.48. The smallest absolute Gasteiger partial charge is 0.185 e. The summed E-state index contributed by atoms with van der Waals surface area (Å²) in [5.74, 6) is 0.706. The monoisotopic (exact) mass is 281 g/mol. The molecule has 0 unspecified atom stereocenters. The van der Waals surface area contributed by atoms with E-state index in [9.17, 15) is 0 Å².